The minimum Gasteiger partial charge on any atom is -0.439 e. The van der Waals surface area contributed by atoms with Crippen LogP contribution < -0.4 is 10.1 Å². The van der Waals surface area contributed by atoms with Gasteiger partial charge in [-0.05, 0) is 31.5 Å². The zero-order valence-electron chi connectivity index (χ0n) is 10.4. The second-order valence-electron chi connectivity index (χ2n) is 3.90. The minimum atomic E-state index is -0.282. The first-order valence-electron chi connectivity index (χ1n) is 5.84. The molecule has 0 aliphatic rings. The Hall–Kier alpha value is -2.10. The number of ether oxygens (including phenoxy) is 1. The van der Waals surface area contributed by atoms with Crippen LogP contribution in [-0.4, -0.2) is 11.5 Å². The number of pyridine rings is 1. The summed E-state index contributed by atoms with van der Waals surface area (Å²) in [5.74, 6) is 1.34. The fourth-order valence-corrected chi connectivity index (χ4v) is 1.51. The standard InChI is InChI=1S/C14H15FN2O/c1-3-16-13-5-4-6-14(17-13)18-11-8-7-10(2)12(15)9-11/h4-9H,3H2,1-2H3,(H,16,17). The van der Waals surface area contributed by atoms with Gasteiger partial charge in [-0.15, -0.1) is 0 Å². The third kappa shape index (κ3) is 2.97. The molecule has 3 nitrogen and oxygen atoms in total. The van der Waals surface area contributed by atoms with E-state index in [0.717, 1.165) is 12.4 Å². The molecule has 0 aliphatic carbocycles. The summed E-state index contributed by atoms with van der Waals surface area (Å²) in [5, 5.41) is 3.09. The van der Waals surface area contributed by atoms with Gasteiger partial charge in [-0.3, -0.25) is 0 Å². The predicted octanol–water partition coefficient (Wildman–Crippen LogP) is 3.75. The van der Waals surface area contributed by atoms with Crippen LogP contribution in [0.4, 0.5) is 10.2 Å². The molecular weight excluding hydrogens is 231 g/mol. The van der Waals surface area contributed by atoms with Crippen molar-refractivity contribution < 1.29 is 9.13 Å². The smallest absolute Gasteiger partial charge is 0.221 e. The lowest BCUT2D eigenvalue weighted by Gasteiger charge is -2.07. The monoisotopic (exact) mass is 246 g/mol. The second kappa shape index (κ2) is 5.49. The van der Waals surface area contributed by atoms with Gasteiger partial charge in [0.15, 0.2) is 0 Å². The molecule has 0 saturated heterocycles. The Morgan fingerprint density at radius 2 is 2.11 bits per heavy atom. The number of hydrogen-bond donors (Lipinski definition) is 1. The highest BCUT2D eigenvalue weighted by Crippen LogP contribution is 2.22. The molecule has 0 unspecified atom stereocenters. The predicted molar refractivity (Wildman–Crippen MR) is 69.6 cm³/mol. The molecule has 1 heterocycles. The van der Waals surface area contributed by atoms with Crippen LogP contribution in [-0.2, 0) is 0 Å². The molecule has 4 heteroatoms. The van der Waals surface area contributed by atoms with Crippen LogP contribution in [0.3, 0.4) is 0 Å². The van der Waals surface area contributed by atoms with Gasteiger partial charge in [0, 0.05) is 18.7 Å². The average molecular weight is 246 g/mol. The molecule has 18 heavy (non-hydrogen) atoms. The van der Waals surface area contributed by atoms with Gasteiger partial charge in [-0.25, -0.2) is 4.39 Å². The summed E-state index contributed by atoms with van der Waals surface area (Å²) in [5.41, 5.74) is 0.594. The van der Waals surface area contributed by atoms with Crippen molar-refractivity contribution in [2.45, 2.75) is 13.8 Å². The van der Waals surface area contributed by atoms with Crippen molar-refractivity contribution in [1.82, 2.24) is 4.98 Å². The molecule has 0 fully saturated rings. The van der Waals surface area contributed by atoms with Crippen molar-refractivity contribution in [3.05, 3.63) is 47.8 Å². The van der Waals surface area contributed by atoms with Gasteiger partial charge in [0.1, 0.15) is 17.4 Å². The summed E-state index contributed by atoms with van der Waals surface area (Å²) in [4.78, 5) is 4.25. The number of nitrogens with one attached hydrogen (secondary N) is 1. The van der Waals surface area contributed by atoms with Crippen molar-refractivity contribution in [2.24, 2.45) is 0 Å². The summed E-state index contributed by atoms with van der Waals surface area (Å²) in [6, 6.07) is 10.2. The Bertz CT molecular complexity index is 543. The normalized spacial score (nSPS) is 10.2. The molecule has 0 radical (unpaired) electrons. The van der Waals surface area contributed by atoms with E-state index < -0.39 is 0 Å². The Balaban J connectivity index is 2.17. The van der Waals surface area contributed by atoms with E-state index in [0.29, 0.717) is 17.2 Å². The van der Waals surface area contributed by atoms with Crippen LogP contribution >= 0.6 is 0 Å². The van der Waals surface area contributed by atoms with Gasteiger partial charge < -0.3 is 10.1 Å². The average Bonchev–Trinajstić information content (AvgIpc) is 2.35. The van der Waals surface area contributed by atoms with Crippen LogP contribution in [0.15, 0.2) is 36.4 Å². The van der Waals surface area contributed by atoms with Gasteiger partial charge in [-0.2, -0.15) is 4.98 Å². The highest BCUT2D eigenvalue weighted by molar-refractivity contribution is 5.38. The largest absolute Gasteiger partial charge is 0.439 e. The highest BCUT2D eigenvalue weighted by atomic mass is 19.1. The maximum Gasteiger partial charge on any atom is 0.221 e. The van der Waals surface area contributed by atoms with Gasteiger partial charge in [0.2, 0.25) is 5.88 Å². The molecule has 1 N–H and O–H groups in total. The first-order chi connectivity index (χ1) is 8.69. The van der Waals surface area contributed by atoms with Crippen molar-refractivity contribution >= 4 is 5.82 Å². The van der Waals surface area contributed by atoms with Crippen LogP contribution in [0.2, 0.25) is 0 Å². The van der Waals surface area contributed by atoms with Crippen LogP contribution in [0, 0.1) is 12.7 Å². The van der Waals surface area contributed by atoms with E-state index in [4.69, 9.17) is 4.74 Å². The number of hydrogen-bond acceptors (Lipinski definition) is 3. The molecule has 2 aromatic rings. The van der Waals surface area contributed by atoms with E-state index in [9.17, 15) is 4.39 Å². The summed E-state index contributed by atoms with van der Waals surface area (Å²) in [6.45, 7) is 4.49. The second-order valence-corrected chi connectivity index (χ2v) is 3.90. The number of nitrogens with zero attached hydrogens (tertiary/aromatic N) is 1. The van der Waals surface area contributed by atoms with Gasteiger partial charge in [0.25, 0.3) is 0 Å². The molecule has 94 valence electrons. The number of aryl methyl sites for hydroxylation is 1. The number of halogens is 1. The number of rotatable bonds is 4. The summed E-state index contributed by atoms with van der Waals surface area (Å²) >= 11 is 0. The summed E-state index contributed by atoms with van der Waals surface area (Å²) in [6.07, 6.45) is 0. The molecule has 0 spiro atoms. The third-order valence-electron chi connectivity index (χ3n) is 2.45. The molecule has 0 saturated carbocycles. The molecule has 1 aromatic carbocycles. The van der Waals surface area contributed by atoms with Crippen LogP contribution in [0.1, 0.15) is 12.5 Å². The fourth-order valence-electron chi connectivity index (χ4n) is 1.51. The van der Waals surface area contributed by atoms with E-state index in [1.165, 1.54) is 6.07 Å². The quantitative estimate of drug-likeness (QED) is 0.892. The molecule has 0 atom stereocenters. The topological polar surface area (TPSA) is 34.1 Å². The minimum absolute atomic E-state index is 0.282. The van der Waals surface area contributed by atoms with E-state index in [2.05, 4.69) is 10.3 Å². The fraction of sp³-hybridized carbons (Fsp3) is 0.214. The van der Waals surface area contributed by atoms with Gasteiger partial charge >= 0.3 is 0 Å². The van der Waals surface area contributed by atoms with E-state index in [1.54, 1.807) is 25.1 Å². The SMILES string of the molecule is CCNc1cccc(Oc2ccc(C)c(F)c2)n1. The lowest BCUT2D eigenvalue weighted by atomic mass is 10.2. The summed E-state index contributed by atoms with van der Waals surface area (Å²) < 4.78 is 18.9. The maximum absolute atomic E-state index is 13.4. The first kappa shape index (κ1) is 12.4. The van der Waals surface area contributed by atoms with Gasteiger partial charge in [0.05, 0.1) is 0 Å². The molecular formula is C14H15FN2O. The van der Waals surface area contributed by atoms with Crippen molar-refractivity contribution in [1.29, 1.82) is 0 Å². The Labute approximate surface area is 106 Å². The highest BCUT2D eigenvalue weighted by Gasteiger charge is 2.03. The first-order valence-corrected chi connectivity index (χ1v) is 5.84. The third-order valence-corrected chi connectivity index (χ3v) is 2.45. The number of aromatic nitrogens is 1. The zero-order chi connectivity index (χ0) is 13.0. The molecule has 0 aliphatic heterocycles. The molecule has 1 aromatic heterocycles. The summed E-state index contributed by atoms with van der Waals surface area (Å²) in [7, 11) is 0. The lowest BCUT2D eigenvalue weighted by molar-refractivity contribution is 0.458. The van der Waals surface area contributed by atoms with Crippen LogP contribution in [0.5, 0.6) is 11.6 Å². The van der Waals surface area contributed by atoms with E-state index in [1.807, 2.05) is 19.1 Å². The van der Waals surface area contributed by atoms with Crippen molar-refractivity contribution in [2.75, 3.05) is 11.9 Å². The van der Waals surface area contributed by atoms with Crippen molar-refractivity contribution in [3.8, 4) is 11.6 Å². The molecule has 2 rings (SSSR count). The lowest BCUT2D eigenvalue weighted by Crippen LogP contribution is -1.99. The zero-order valence-corrected chi connectivity index (χ0v) is 10.4. The van der Waals surface area contributed by atoms with E-state index >= 15 is 0 Å². The molecule has 0 bridgehead atoms. The number of anilines is 1. The van der Waals surface area contributed by atoms with Crippen LogP contribution in [0.25, 0.3) is 0 Å². The number of benzene rings is 1. The van der Waals surface area contributed by atoms with Crippen molar-refractivity contribution in [3.63, 3.8) is 0 Å². The maximum atomic E-state index is 13.4. The van der Waals surface area contributed by atoms with Gasteiger partial charge in [-0.1, -0.05) is 12.1 Å². The Morgan fingerprint density at radius 1 is 1.28 bits per heavy atom. The Kier molecular flexibility index (Phi) is 3.77. The molecule has 0 amide bonds. The Morgan fingerprint density at radius 3 is 2.83 bits per heavy atom. The van der Waals surface area contributed by atoms with E-state index in [-0.39, 0.29) is 5.82 Å².